The zero-order valence-corrected chi connectivity index (χ0v) is 17.1. The van der Waals surface area contributed by atoms with E-state index in [-0.39, 0.29) is 11.5 Å². The van der Waals surface area contributed by atoms with Crippen LogP contribution >= 0.6 is 0 Å². The second-order valence-electron chi connectivity index (χ2n) is 8.27. The van der Waals surface area contributed by atoms with Crippen molar-refractivity contribution in [1.82, 2.24) is 4.90 Å². The van der Waals surface area contributed by atoms with E-state index in [1.165, 1.54) is 7.11 Å². The van der Waals surface area contributed by atoms with Crippen molar-refractivity contribution in [3.8, 4) is 0 Å². The maximum Gasteiger partial charge on any atom is 0.414 e. The van der Waals surface area contributed by atoms with Gasteiger partial charge in [-0.25, -0.2) is 9.59 Å². The highest BCUT2D eigenvalue weighted by atomic mass is 16.6. The summed E-state index contributed by atoms with van der Waals surface area (Å²) in [7, 11) is 3.13. The number of ether oxygens (including phenoxy) is 3. The number of nitrogens with zero attached hydrogens (tertiary/aromatic N) is 1. The van der Waals surface area contributed by atoms with Crippen molar-refractivity contribution in [2.75, 3.05) is 39.2 Å². The highest BCUT2D eigenvalue weighted by Crippen LogP contribution is 2.43. The van der Waals surface area contributed by atoms with Gasteiger partial charge in [0, 0.05) is 30.3 Å². The maximum absolute atomic E-state index is 12.9. The zero-order valence-electron chi connectivity index (χ0n) is 17.1. The maximum atomic E-state index is 12.9. The molecule has 1 saturated heterocycles. The van der Waals surface area contributed by atoms with Crippen LogP contribution in [0.4, 0.5) is 10.5 Å². The van der Waals surface area contributed by atoms with Gasteiger partial charge in [0.15, 0.2) is 0 Å². The minimum Gasteiger partial charge on any atom is -0.465 e. The molecule has 0 atom stereocenters. The number of carbonyl (C=O) groups excluding carboxylic acids is 2. The standard InChI is InChI=1S/C21H28N2O5/c1-20(2,3)28-19(25)23-9-8-21(12-27-13-21)11-17(23)15-7-6-14(18(24)26-5)10-16(15)22-4/h6-7,10-11,22H,8-9,12-13H2,1-5H3. The summed E-state index contributed by atoms with van der Waals surface area (Å²) >= 11 is 0. The predicted octanol–water partition coefficient (Wildman–Crippen LogP) is 3.51. The molecule has 0 unspecified atom stereocenters. The van der Waals surface area contributed by atoms with Crippen LogP contribution in [0, 0.1) is 5.41 Å². The third kappa shape index (κ3) is 3.99. The largest absolute Gasteiger partial charge is 0.465 e. The van der Waals surface area contributed by atoms with Gasteiger partial charge in [-0.2, -0.15) is 0 Å². The molecule has 0 saturated carbocycles. The molecule has 2 heterocycles. The number of carbonyl (C=O) groups is 2. The van der Waals surface area contributed by atoms with Crippen molar-refractivity contribution >= 4 is 23.4 Å². The molecule has 7 nitrogen and oxygen atoms in total. The molecule has 0 bridgehead atoms. The smallest absolute Gasteiger partial charge is 0.414 e. The van der Waals surface area contributed by atoms with Gasteiger partial charge >= 0.3 is 12.1 Å². The van der Waals surface area contributed by atoms with Crippen LogP contribution < -0.4 is 5.32 Å². The summed E-state index contributed by atoms with van der Waals surface area (Å²) in [4.78, 5) is 26.4. The summed E-state index contributed by atoms with van der Waals surface area (Å²) in [5.74, 6) is -0.409. The van der Waals surface area contributed by atoms with Crippen molar-refractivity contribution in [2.24, 2.45) is 5.41 Å². The Kier molecular flexibility index (Phi) is 5.39. The Bertz CT molecular complexity index is 806. The fourth-order valence-electron chi connectivity index (χ4n) is 3.44. The zero-order chi connectivity index (χ0) is 20.5. The second kappa shape index (κ2) is 7.47. The molecular weight excluding hydrogens is 360 g/mol. The number of amides is 1. The number of benzene rings is 1. The lowest BCUT2D eigenvalue weighted by molar-refractivity contribution is -0.0917. The lowest BCUT2D eigenvalue weighted by Crippen LogP contribution is -2.49. The monoisotopic (exact) mass is 388 g/mol. The first-order chi connectivity index (χ1) is 13.2. The van der Waals surface area contributed by atoms with Gasteiger partial charge in [-0.3, -0.25) is 4.90 Å². The molecule has 1 aromatic rings. The van der Waals surface area contributed by atoms with Gasteiger partial charge in [-0.05, 0) is 51.5 Å². The van der Waals surface area contributed by atoms with E-state index in [4.69, 9.17) is 14.2 Å². The van der Waals surface area contributed by atoms with Gasteiger partial charge in [0.1, 0.15) is 5.60 Å². The molecule has 1 fully saturated rings. The Morgan fingerprint density at radius 3 is 2.50 bits per heavy atom. The molecule has 3 rings (SSSR count). The van der Waals surface area contributed by atoms with E-state index in [9.17, 15) is 9.59 Å². The van der Waals surface area contributed by atoms with Gasteiger partial charge < -0.3 is 19.5 Å². The minimum absolute atomic E-state index is 0.0557. The molecule has 1 amide bonds. The van der Waals surface area contributed by atoms with Crippen molar-refractivity contribution in [3.63, 3.8) is 0 Å². The number of methoxy groups -OCH3 is 1. The second-order valence-corrected chi connectivity index (χ2v) is 8.27. The molecule has 2 aliphatic rings. The first-order valence-electron chi connectivity index (χ1n) is 9.40. The van der Waals surface area contributed by atoms with Crippen LogP contribution in [0.3, 0.4) is 0 Å². The topological polar surface area (TPSA) is 77.1 Å². The first kappa shape index (κ1) is 20.2. The normalized spacial score (nSPS) is 18.2. The highest BCUT2D eigenvalue weighted by molar-refractivity contribution is 5.93. The molecule has 7 heteroatoms. The SMILES string of the molecule is CNc1cc(C(=O)OC)ccc1C1=CC2(CCN1C(=O)OC(C)(C)C)COC2. The number of anilines is 1. The van der Waals surface area contributed by atoms with Gasteiger partial charge in [0.2, 0.25) is 0 Å². The van der Waals surface area contributed by atoms with Crippen molar-refractivity contribution in [2.45, 2.75) is 32.8 Å². The average molecular weight is 388 g/mol. The molecule has 0 radical (unpaired) electrons. The van der Waals surface area contributed by atoms with Crippen LogP contribution in [0.25, 0.3) is 5.70 Å². The van der Waals surface area contributed by atoms with Crippen molar-refractivity contribution in [1.29, 1.82) is 0 Å². The Balaban J connectivity index is 2.03. The fourth-order valence-corrected chi connectivity index (χ4v) is 3.44. The summed E-state index contributed by atoms with van der Waals surface area (Å²) in [6, 6.07) is 5.27. The first-order valence-corrected chi connectivity index (χ1v) is 9.40. The summed E-state index contributed by atoms with van der Waals surface area (Å²) in [5.41, 5.74) is 2.13. The van der Waals surface area contributed by atoms with Crippen LogP contribution in [0.1, 0.15) is 43.1 Å². The number of nitrogens with one attached hydrogen (secondary N) is 1. The molecule has 1 N–H and O–H groups in total. The van der Waals surface area contributed by atoms with Gasteiger partial charge in [-0.15, -0.1) is 0 Å². The highest BCUT2D eigenvalue weighted by Gasteiger charge is 2.43. The van der Waals surface area contributed by atoms with E-state index in [0.29, 0.717) is 25.3 Å². The van der Waals surface area contributed by atoms with Crippen molar-refractivity contribution in [3.05, 3.63) is 35.4 Å². The van der Waals surface area contributed by atoms with Crippen LogP contribution in [-0.2, 0) is 14.2 Å². The minimum atomic E-state index is -0.586. The van der Waals surface area contributed by atoms with Gasteiger partial charge in [0.25, 0.3) is 0 Å². The molecule has 1 spiro atoms. The van der Waals surface area contributed by atoms with Crippen LogP contribution in [0.15, 0.2) is 24.3 Å². The summed E-state index contributed by atoms with van der Waals surface area (Å²) in [6.07, 6.45) is 2.55. The molecule has 0 aliphatic carbocycles. The third-order valence-corrected chi connectivity index (χ3v) is 4.95. The molecule has 28 heavy (non-hydrogen) atoms. The predicted molar refractivity (Wildman–Crippen MR) is 106 cm³/mol. The molecule has 152 valence electrons. The van der Waals surface area contributed by atoms with Crippen LogP contribution in [0.2, 0.25) is 0 Å². The Morgan fingerprint density at radius 2 is 1.96 bits per heavy atom. The summed E-state index contributed by atoms with van der Waals surface area (Å²) in [6.45, 7) is 7.39. The lowest BCUT2D eigenvalue weighted by Gasteiger charge is -2.45. The van der Waals surface area contributed by atoms with Gasteiger partial charge in [0.05, 0.1) is 31.6 Å². The van der Waals surface area contributed by atoms with E-state index in [2.05, 4.69) is 11.4 Å². The number of hydrogen-bond acceptors (Lipinski definition) is 6. The number of esters is 1. The molecule has 2 aliphatic heterocycles. The van der Waals surface area contributed by atoms with Gasteiger partial charge in [-0.1, -0.05) is 0 Å². The lowest BCUT2D eigenvalue weighted by atomic mass is 9.78. The summed E-state index contributed by atoms with van der Waals surface area (Å²) in [5, 5.41) is 3.12. The molecule has 0 aromatic heterocycles. The molecular formula is C21H28N2O5. The van der Waals surface area contributed by atoms with Crippen LogP contribution in [-0.4, -0.2) is 56.5 Å². The van der Waals surface area contributed by atoms with E-state index >= 15 is 0 Å². The Labute approximate surface area is 165 Å². The van der Waals surface area contributed by atoms with E-state index in [1.807, 2.05) is 26.8 Å². The third-order valence-electron chi connectivity index (χ3n) is 4.95. The Hall–Kier alpha value is -2.54. The number of hydrogen-bond donors (Lipinski definition) is 1. The van der Waals surface area contributed by atoms with E-state index in [0.717, 1.165) is 23.4 Å². The average Bonchev–Trinajstić information content (AvgIpc) is 2.63. The molecule has 1 aromatic carbocycles. The van der Waals surface area contributed by atoms with Crippen LogP contribution in [0.5, 0.6) is 0 Å². The summed E-state index contributed by atoms with van der Waals surface area (Å²) < 4.78 is 15.9. The van der Waals surface area contributed by atoms with E-state index in [1.54, 1.807) is 24.1 Å². The van der Waals surface area contributed by atoms with Crippen molar-refractivity contribution < 1.29 is 23.8 Å². The van der Waals surface area contributed by atoms with E-state index < -0.39 is 11.6 Å². The fraction of sp³-hybridized carbons (Fsp3) is 0.524. The quantitative estimate of drug-likeness (QED) is 0.799. The Morgan fingerprint density at radius 1 is 1.25 bits per heavy atom. The number of rotatable bonds is 3.